The van der Waals surface area contributed by atoms with Gasteiger partial charge in [-0.05, 0) is 76.1 Å². The van der Waals surface area contributed by atoms with E-state index in [4.69, 9.17) is 21.4 Å². The van der Waals surface area contributed by atoms with Gasteiger partial charge in [-0.15, -0.1) is 11.8 Å². The Morgan fingerprint density at radius 3 is 2.88 bits per heavy atom. The number of carbonyl (C=O) groups is 1. The molecule has 0 saturated heterocycles. The van der Waals surface area contributed by atoms with Crippen LogP contribution in [0.1, 0.15) is 46.5 Å². The number of rotatable bonds is 10. The van der Waals surface area contributed by atoms with Gasteiger partial charge in [0.15, 0.2) is 0 Å². The molecule has 7 heteroatoms. The fourth-order valence-electron chi connectivity index (χ4n) is 3.92. The van der Waals surface area contributed by atoms with Crippen LogP contribution in [0.15, 0.2) is 62.0 Å². The Hall–Kier alpha value is -1.21. The summed E-state index contributed by atoms with van der Waals surface area (Å²) < 4.78 is 0. The quantitative estimate of drug-likeness (QED) is 0.340. The molecule has 0 amide bonds. The minimum Gasteiger partial charge on any atom is -0.373 e. The third-order valence-electron chi connectivity index (χ3n) is 5.93. The molecule has 2 unspecified atom stereocenters. The van der Waals surface area contributed by atoms with Crippen molar-refractivity contribution in [2.45, 2.75) is 52.0 Å². The molecule has 1 N–H and O–H groups in total. The lowest BCUT2D eigenvalue weighted by atomic mass is 9.88. The van der Waals surface area contributed by atoms with E-state index >= 15 is 0 Å². The Balaban J connectivity index is 0.00000187. The summed E-state index contributed by atoms with van der Waals surface area (Å²) >= 11 is 9.91. The summed E-state index contributed by atoms with van der Waals surface area (Å²) in [5.41, 5.74) is 1.36. The van der Waals surface area contributed by atoms with Crippen molar-refractivity contribution in [1.29, 1.82) is 0 Å². The lowest BCUT2D eigenvalue weighted by Crippen LogP contribution is -2.32. The van der Waals surface area contributed by atoms with Crippen molar-refractivity contribution in [3.05, 3.63) is 57.0 Å². The van der Waals surface area contributed by atoms with Gasteiger partial charge in [-0.3, -0.25) is 4.99 Å². The van der Waals surface area contributed by atoms with Crippen LogP contribution in [-0.4, -0.2) is 54.7 Å². The first kappa shape index (κ1) is 28.0. The maximum Gasteiger partial charge on any atom is 0.106 e. The summed E-state index contributed by atoms with van der Waals surface area (Å²) in [6.45, 7) is 11.7. The van der Waals surface area contributed by atoms with Crippen LogP contribution in [0.3, 0.4) is 0 Å². The summed E-state index contributed by atoms with van der Waals surface area (Å²) in [5.74, 6) is 1.65. The van der Waals surface area contributed by atoms with Gasteiger partial charge in [0.1, 0.15) is 6.79 Å². The Morgan fingerprint density at radius 2 is 2.15 bits per heavy atom. The number of allylic oxidation sites excluding steroid dienone is 8. The fraction of sp³-hybridized carbons (Fsp3) is 0.538. The van der Waals surface area contributed by atoms with E-state index in [-0.39, 0.29) is 5.54 Å². The van der Waals surface area contributed by atoms with E-state index in [0.29, 0.717) is 5.92 Å². The molecule has 1 heterocycles. The van der Waals surface area contributed by atoms with Crippen LogP contribution in [-0.2, 0) is 4.79 Å². The zero-order chi connectivity index (χ0) is 24.3. The van der Waals surface area contributed by atoms with Gasteiger partial charge in [-0.25, -0.2) is 0 Å². The minimum absolute atomic E-state index is 0.0167. The van der Waals surface area contributed by atoms with Crippen molar-refractivity contribution in [2.24, 2.45) is 10.9 Å². The average molecular weight is 508 g/mol. The molecule has 0 saturated carbocycles. The number of hydrogen-bond donors (Lipinski definition) is 1. The fourth-order valence-corrected chi connectivity index (χ4v) is 6.22. The van der Waals surface area contributed by atoms with E-state index in [9.17, 15) is 0 Å². The number of nitrogens with zero attached hydrogens (tertiary/aromatic N) is 2. The summed E-state index contributed by atoms with van der Waals surface area (Å²) in [6, 6.07) is 0. The van der Waals surface area contributed by atoms with Gasteiger partial charge in [-0.1, -0.05) is 48.5 Å². The number of carbonyl (C=O) groups excluding carboxylic acids is 1. The Labute approximate surface area is 213 Å². The van der Waals surface area contributed by atoms with Crippen molar-refractivity contribution in [3.63, 3.8) is 0 Å². The van der Waals surface area contributed by atoms with Gasteiger partial charge in [0.2, 0.25) is 0 Å². The van der Waals surface area contributed by atoms with Crippen LogP contribution in [0.5, 0.6) is 0 Å². The van der Waals surface area contributed by atoms with Crippen molar-refractivity contribution < 1.29 is 4.79 Å². The molecule has 3 rings (SSSR count). The lowest BCUT2D eigenvalue weighted by Gasteiger charge is -2.28. The first-order valence-electron chi connectivity index (χ1n) is 11.6. The molecule has 0 bridgehead atoms. The average Bonchev–Trinajstić information content (AvgIpc) is 2.79. The Morgan fingerprint density at radius 1 is 1.36 bits per heavy atom. The molecule has 4 nitrogen and oxygen atoms in total. The van der Waals surface area contributed by atoms with Crippen LogP contribution in [0, 0.1) is 5.92 Å². The first-order valence-corrected chi connectivity index (χ1v) is 13.8. The van der Waals surface area contributed by atoms with E-state index in [2.05, 4.69) is 74.6 Å². The van der Waals surface area contributed by atoms with Gasteiger partial charge in [0.05, 0.1) is 17.1 Å². The topological polar surface area (TPSA) is 44.7 Å². The van der Waals surface area contributed by atoms with Crippen LogP contribution in [0.25, 0.3) is 0 Å². The molecule has 2 aliphatic carbocycles. The van der Waals surface area contributed by atoms with Gasteiger partial charge in [-0.2, -0.15) is 0 Å². The van der Waals surface area contributed by atoms with E-state index in [1.165, 1.54) is 26.8 Å². The minimum atomic E-state index is 0.0167. The van der Waals surface area contributed by atoms with Crippen molar-refractivity contribution in [2.75, 3.05) is 32.4 Å². The predicted molar refractivity (Wildman–Crippen MR) is 149 cm³/mol. The molecule has 1 aliphatic heterocycles. The normalized spacial score (nSPS) is 22.9. The predicted octanol–water partition coefficient (Wildman–Crippen LogP) is 6.53. The summed E-state index contributed by atoms with van der Waals surface area (Å²) in [4.78, 5) is 18.1. The third-order valence-corrected chi connectivity index (χ3v) is 8.18. The third kappa shape index (κ3) is 9.51. The van der Waals surface area contributed by atoms with Gasteiger partial charge in [0, 0.05) is 34.0 Å². The lowest BCUT2D eigenvalue weighted by molar-refractivity contribution is -0.0979. The number of thioether (sulfide) groups is 2. The number of hydrogen-bond acceptors (Lipinski definition) is 6. The van der Waals surface area contributed by atoms with Crippen LogP contribution >= 0.6 is 35.1 Å². The standard InChI is InChI=1S/C25H36ClN3S2.CH2O/c1-5-25(3,28-24-18-29(4)17-19(2)31-24)11-13-27-12-6-14-30-23-10-8-20-15-22(26)9-7-21(20)16-23;1-2/h8-10,15-17,21,27H,5-7,11-14,18H2,1-4H3;1H2. The van der Waals surface area contributed by atoms with E-state index in [0.717, 1.165) is 49.7 Å². The SMILES string of the molecule is C=O.CCC(C)(CCNCCCSC1=CC2CC=C(Cl)C=C2C=C1)N=C1CN(C)C=C(C)S1. The van der Waals surface area contributed by atoms with Crippen molar-refractivity contribution >= 4 is 47.0 Å². The molecule has 2 atom stereocenters. The second-order valence-corrected chi connectivity index (χ2v) is 11.7. The number of nitrogens with one attached hydrogen (secondary N) is 1. The molecule has 0 spiro atoms. The van der Waals surface area contributed by atoms with E-state index < -0.39 is 0 Å². The van der Waals surface area contributed by atoms with Crippen LogP contribution < -0.4 is 5.32 Å². The maximum absolute atomic E-state index is 8.00. The molecule has 182 valence electrons. The van der Waals surface area contributed by atoms with Crippen molar-refractivity contribution in [1.82, 2.24) is 10.2 Å². The van der Waals surface area contributed by atoms with E-state index in [1.54, 1.807) is 0 Å². The molecule has 33 heavy (non-hydrogen) atoms. The molecule has 0 aromatic carbocycles. The highest BCUT2D eigenvalue weighted by molar-refractivity contribution is 8.17. The number of fused-ring (bicyclic) bond motifs is 1. The summed E-state index contributed by atoms with van der Waals surface area (Å²) in [5, 5.41) is 5.75. The highest BCUT2D eigenvalue weighted by Gasteiger charge is 2.23. The van der Waals surface area contributed by atoms with E-state index in [1.807, 2.05) is 30.3 Å². The summed E-state index contributed by atoms with van der Waals surface area (Å²) in [7, 11) is 2.12. The maximum atomic E-state index is 8.00. The van der Waals surface area contributed by atoms with Crippen LogP contribution in [0.2, 0.25) is 0 Å². The highest BCUT2D eigenvalue weighted by Crippen LogP contribution is 2.35. The number of halogens is 1. The number of aliphatic imine (C=N–C) groups is 1. The highest BCUT2D eigenvalue weighted by atomic mass is 35.5. The zero-order valence-corrected chi connectivity index (χ0v) is 22.8. The molecule has 0 radical (unpaired) electrons. The molecule has 0 aromatic heterocycles. The summed E-state index contributed by atoms with van der Waals surface area (Å²) in [6.07, 6.45) is 17.6. The molecular formula is C26H38ClN3OS2. The molecule has 0 fully saturated rings. The first-order chi connectivity index (χ1) is 15.9. The van der Waals surface area contributed by atoms with Crippen molar-refractivity contribution in [3.8, 4) is 0 Å². The molecule has 0 aromatic rings. The Kier molecular flexibility index (Phi) is 12.1. The molecular weight excluding hydrogens is 470 g/mol. The largest absolute Gasteiger partial charge is 0.373 e. The monoisotopic (exact) mass is 507 g/mol. The van der Waals surface area contributed by atoms with Gasteiger partial charge >= 0.3 is 0 Å². The Bertz CT molecular complexity index is 846. The zero-order valence-electron chi connectivity index (χ0n) is 20.4. The smallest absolute Gasteiger partial charge is 0.106 e. The van der Waals surface area contributed by atoms with Gasteiger partial charge in [0.25, 0.3) is 0 Å². The van der Waals surface area contributed by atoms with Gasteiger partial charge < -0.3 is 15.0 Å². The second-order valence-electron chi connectivity index (χ2n) is 8.79. The second kappa shape index (κ2) is 14.2. The van der Waals surface area contributed by atoms with Crippen LogP contribution in [0.4, 0.5) is 0 Å². The molecule has 3 aliphatic rings.